The van der Waals surface area contributed by atoms with Gasteiger partial charge in [0.2, 0.25) is 11.5 Å². The van der Waals surface area contributed by atoms with Crippen LogP contribution in [0.3, 0.4) is 0 Å². The van der Waals surface area contributed by atoms with Gasteiger partial charge in [-0.2, -0.15) is 0 Å². The van der Waals surface area contributed by atoms with Gasteiger partial charge in [0.15, 0.2) is 0 Å². The monoisotopic (exact) mass is 327 g/mol. The van der Waals surface area contributed by atoms with Crippen LogP contribution in [0.15, 0.2) is 47.4 Å². The molecule has 0 fully saturated rings. The number of pyridine rings is 1. The molecule has 0 saturated heterocycles. The van der Waals surface area contributed by atoms with Crippen LogP contribution in [0.2, 0.25) is 0 Å². The van der Waals surface area contributed by atoms with Gasteiger partial charge in [-0.05, 0) is 24.1 Å². The number of amides is 2. The Morgan fingerprint density at radius 1 is 1.08 bits per heavy atom. The molecule has 24 heavy (non-hydrogen) atoms. The molecular weight excluding hydrogens is 306 g/mol. The van der Waals surface area contributed by atoms with E-state index in [4.69, 9.17) is 0 Å². The number of para-hydroxylation sites is 2. The second-order valence-electron chi connectivity index (χ2n) is 5.71. The molecule has 0 saturated carbocycles. The lowest BCUT2D eigenvalue weighted by Crippen LogP contribution is -2.18. The van der Waals surface area contributed by atoms with Gasteiger partial charge in [-0.1, -0.05) is 32.4 Å². The normalized spacial score (nSPS) is 11.6. The molecule has 0 radical (unpaired) electrons. The van der Waals surface area contributed by atoms with E-state index in [1.165, 1.54) is 18.3 Å². The molecular formula is C18H21N3O3. The summed E-state index contributed by atoms with van der Waals surface area (Å²) in [4.78, 5) is 37.8. The highest BCUT2D eigenvalue weighted by Crippen LogP contribution is 2.22. The van der Waals surface area contributed by atoms with Gasteiger partial charge in [-0.3, -0.25) is 14.4 Å². The van der Waals surface area contributed by atoms with Crippen molar-refractivity contribution in [3.05, 3.63) is 58.5 Å². The van der Waals surface area contributed by atoms with E-state index in [9.17, 15) is 14.4 Å². The lowest BCUT2D eigenvalue weighted by molar-refractivity contribution is -0.117. The first kappa shape index (κ1) is 17.5. The third-order valence-corrected chi connectivity index (χ3v) is 3.73. The summed E-state index contributed by atoms with van der Waals surface area (Å²) in [6.45, 7) is 4.06. The summed E-state index contributed by atoms with van der Waals surface area (Å²) < 4.78 is 0. The molecule has 0 aliphatic carbocycles. The Balaban J connectivity index is 2.10. The van der Waals surface area contributed by atoms with Crippen LogP contribution in [-0.4, -0.2) is 16.8 Å². The van der Waals surface area contributed by atoms with Crippen LogP contribution in [0.5, 0.6) is 0 Å². The third-order valence-electron chi connectivity index (χ3n) is 3.73. The van der Waals surface area contributed by atoms with Crippen LogP contribution in [0, 0.1) is 5.92 Å². The lowest BCUT2D eigenvalue weighted by Gasteiger charge is -2.13. The van der Waals surface area contributed by atoms with Crippen LogP contribution in [0.25, 0.3) is 0 Å². The molecule has 0 aliphatic rings. The fraction of sp³-hybridized carbons (Fsp3) is 0.278. The smallest absolute Gasteiger partial charge is 0.257 e. The topological polar surface area (TPSA) is 91.1 Å². The Bertz CT molecular complexity index is 763. The summed E-state index contributed by atoms with van der Waals surface area (Å²) in [6.07, 6.45) is 2.71. The molecule has 1 atom stereocenters. The molecule has 2 amide bonds. The minimum absolute atomic E-state index is 0.0879. The van der Waals surface area contributed by atoms with Gasteiger partial charge >= 0.3 is 0 Å². The van der Waals surface area contributed by atoms with E-state index in [-0.39, 0.29) is 17.4 Å². The Morgan fingerprint density at radius 3 is 2.33 bits per heavy atom. The predicted octanol–water partition coefficient (Wildman–Crippen LogP) is 3.00. The van der Waals surface area contributed by atoms with E-state index in [1.807, 2.05) is 13.8 Å². The van der Waals surface area contributed by atoms with Crippen LogP contribution >= 0.6 is 0 Å². The van der Waals surface area contributed by atoms with Crippen LogP contribution < -0.4 is 16.2 Å². The highest BCUT2D eigenvalue weighted by molar-refractivity contribution is 6.07. The van der Waals surface area contributed by atoms with E-state index in [0.717, 1.165) is 6.42 Å². The summed E-state index contributed by atoms with van der Waals surface area (Å²) in [5.41, 5.74) is 1.11. The number of nitrogens with one attached hydrogen (secondary N) is 3. The van der Waals surface area contributed by atoms with Gasteiger partial charge < -0.3 is 15.6 Å². The number of aromatic nitrogens is 1. The zero-order valence-corrected chi connectivity index (χ0v) is 13.8. The minimum Gasteiger partial charge on any atom is -0.328 e. The van der Waals surface area contributed by atoms with Gasteiger partial charge in [0, 0.05) is 18.7 Å². The molecule has 1 aromatic heterocycles. The average molecular weight is 327 g/mol. The number of H-pyrrole nitrogens is 1. The summed E-state index contributed by atoms with van der Waals surface area (Å²) in [5.74, 6) is -0.155. The standard InChI is InChI=1S/C18H21N3O3/c1-3-12(2)10-17(23)20-14-6-4-5-7-15(14)21-18(24)13-8-9-16(22)19-11-13/h4-9,11-12H,3,10H2,1-2H3,(H,19,22)(H,20,23)(H,21,24). The summed E-state index contributed by atoms with van der Waals surface area (Å²) in [5, 5.41) is 5.57. The van der Waals surface area contributed by atoms with E-state index in [1.54, 1.807) is 24.3 Å². The molecule has 1 aromatic carbocycles. The van der Waals surface area contributed by atoms with Crippen molar-refractivity contribution in [3.8, 4) is 0 Å². The first-order chi connectivity index (χ1) is 11.5. The number of hydrogen-bond acceptors (Lipinski definition) is 3. The lowest BCUT2D eigenvalue weighted by atomic mass is 10.0. The molecule has 6 heteroatoms. The maximum atomic E-state index is 12.2. The zero-order chi connectivity index (χ0) is 17.5. The zero-order valence-electron chi connectivity index (χ0n) is 13.8. The number of anilines is 2. The molecule has 3 N–H and O–H groups in total. The molecule has 6 nitrogen and oxygen atoms in total. The maximum Gasteiger partial charge on any atom is 0.257 e. The van der Waals surface area contributed by atoms with Crippen LogP contribution in [-0.2, 0) is 4.79 Å². The molecule has 2 rings (SSSR count). The summed E-state index contributed by atoms with van der Waals surface area (Å²) in [6, 6.07) is 9.73. The van der Waals surface area contributed by atoms with E-state index in [2.05, 4.69) is 15.6 Å². The highest BCUT2D eigenvalue weighted by atomic mass is 16.2. The number of carbonyl (C=O) groups is 2. The molecule has 0 spiro atoms. The summed E-state index contributed by atoms with van der Waals surface area (Å²) in [7, 11) is 0. The van der Waals surface area contributed by atoms with Gasteiger partial charge in [-0.25, -0.2) is 0 Å². The van der Waals surface area contributed by atoms with Crippen molar-refractivity contribution in [1.29, 1.82) is 0 Å². The largest absolute Gasteiger partial charge is 0.328 e. The maximum absolute atomic E-state index is 12.2. The van der Waals surface area contributed by atoms with Crippen LogP contribution in [0.1, 0.15) is 37.0 Å². The Labute approximate surface area is 140 Å². The average Bonchev–Trinajstić information content (AvgIpc) is 2.57. The fourth-order valence-corrected chi connectivity index (χ4v) is 2.11. The third kappa shape index (κ3) is 4.81. The van der Waals surface area contributed by atoms with Gasteiger partial charge in [0.05, 0.1) is 16.9 Å². The van der Waals surface area contributed by atoms with Crippen LogP contribution in [0.4, 0.5) is 11.4 Å². The van der Waals surface area contributed by atoms with Gasteiger partial charge in [0.25, 0.3) is 5.91 Å². The fourth-order valence-electron chi connectivity index (χ4n) is 2.11. The van der Waals surface area contributed by atoms with Crippen molar-refractivity contribution in [2.24, 2.45) is 5.92 Å². The second-order valence-corrected chi connectivity index (χ2v) is 5.71. The SMILES string of the molecule is CCC(C)CC(=O)Nc1ccccc1NC(=O)c1ccc(=O)[nH]c1. The first-order valence-corrected chi connectivity index (χ1v) is 7.88. The number of aromatic amines is 1. The van der Waals surface area contributed by atoms with Crippen molar-refractivity contribution >= 4 is 23.2 Å². The van der Waals surface area contributed by atoms with Gasteiger partial charge in [-0.15, -0.1) is 0 Å². The Kier molecular flexibility index (Phi) is 5.89. The molecule has 126 valence electrons. The molecule has 0 aliphatic heterocycles. The second kappa shape index (κ2) is 8.10. The Morgan fingerprint density at radius 2 is 1.75 bits per heavy atom. The van der Waals surface area contributed by atoms with Crippen molar-refractivity contribution in [2.45, 2.75) is 26.7 Å². The number of benzene rings is 1. The van der Waals surface area contributed by atoms with E-state index >= 15 is 0 Å². The van der Waals surface area contributed by atoms with Crippen molar-refractivity contribution < 1.29 is 9.59 Å². The first-order valence-electron chi connectivity index (χ1n) is 7.88. The molecule has 0 bridgehead atoms. The number of carbonyl (C=O) groups excluding carboxylic acids is 2. The quantitative estimate of drug-likeness (QED) is 0.761. The minimum atomic E-state index is -0.366. The molecule has 1 heterocycles. The van der Waals surface area contributed by atoms with Crippen molar-refractivity contribution in [1.82, 2.24) is 4.98 Å². The van der Waals surface area contributed by atoms with Gasteiger partial charge in [0.1, 0.15) is 0 Å². The summed E-state index contributed by atoms with van der Waals surface area (Å²) >= 11 is 0. The highest BCUT2D eigenvalue weighted by Gasteiger charge is 2.12. The molecule has 1 unspecified atom stereocenters. The Hall–Kier alpha value is -2.89. The predicted molar refractivity (Wildman–Crippen MR) is 94.2 cm³/mol. The van der Waals surface area contributed by atoms with E-state index < -0.39 is 0 Å². The molecule has 2 aromatic rings. The number of hydrogen-bond donors (Lipinski definition) is 3. The van der Waals surface area contributed by atoms with E-state index in [0.29, 0.717) is 29.3 Å². The van der Waals surface area contributed by atoms with Crippen molar-refractivity contribution in [2.75, 3.05) is 10.6 Å². The number of rotatable bonds is 6. The van der Waals surface area contributed by atoms with Crippen molar-refractivity contribution in [3.63, 3.8) is 0 Å².